The minimum absolute atomic E-state index is 0.174. The van der Waals surface area contributed by atoms with E-state index in [2.05, 4.69) is 5.32 Å². The minimum Gasteiger partial charge on any atom is -0.484 e. The Labute approximate surface area is 192 Å². The van der Waals surface area contributed by atoms with E-state index in [1.807, 2.05) is 20.8 Å². The second-order valence-electron chi connectivity index (χ2n) is 7.93. The first-order valence-corrected chi connectivity index (χ1v) is 10.5. The third-order valence-corrected chi connectivity index (χ3v) is 5.13. The average molecular weight is 472 g/mol. The van der Waals surface area contributed by atoms with Gasteiger partial charge < -0.3 is 15.0 Å². The summed E-state index contributed by atoms with van der Waals surface area (Å²) < 4.78 is 5.59. The van der Waals surface area contributed by atoms with E-state index in [1.54, 1.807) is 49.4 Å². The van der Waals surface area contributed by atoms with Gasteiger partial charge in [-0.3, -0.25) is 9.59 Å². The smallest absolute Gasteiger partial charge is 0.261 e. The summed E-state index contributed by atoms with van der Waals surface area (Å²) in [5, 5.41) is 4.20. The Kier molecular flexibility index (Phi) is 8.42. The van der Waals surface area contributed by atoms with E-state index in [4.69, 9.17) is 39.5 Å². The number of benzene rings is 2. The molecule has 0 fully saturated rings. The van der Waals surface area contributed by atoms with Crippen LogP contribution < -0.4 is 10.1 Å². The zero-order valence-electron chi connectivity index (χ0n) is 17.3. The lowest BCUT2D eigenvalue weighted by Gasteiger charge is -2.31. The summed E-state index contributed by atoms with van der Waals surface area (Å²) in [6, 6.07) is 11.1. The van der Waals surface area contributed by atoms with Gasteiger partial charge in [-0.2, -0.15) is 0 Å². The van der Waals surface area contributed by atoms with E-state index >= 15 is 0 Å². The van der Waals surface area contributed by atoms with Crippen molar-refractivity contribution in [3.05, 3.63) is 63.1 Å². The maximum Gasteiger partial charge on any atom is 0.261 e. The molecule has 2 aromatic rings. The highest BCUT2D eigenvalue weighted by molar-refractivity contribution is 6.42. The van der Waals surface area contributed by atoms with Crippen molar-refractivity contribution in [2.45, 2.75) is 45.8 Å². The Morgan fingerprint density at radius 2 is 1.77 bits per heavy atom. The van der Waals surface area contributed by atoms with Crippen LogP contribution in [0.25, 0.3) is 0 Å². The van der Waals surface area contributed by atoms with Gasteiger partial charge in [0.25, 0.3) is 5.91 Å². The highest BCUT2D eigenvalue weighted by Gasteiger charge is 2.28. The van der Waals surface area contributed by atoms with Crippen LogP contribution in [0.1, 0.15) is 33.3 Å². The number of nitrogens with zero attached hydrogens (tertiary/aromatic N) is 1. The summed E-state index contributed by atoms with van der Waals surface area (Å²) in [4.78, 5) is 27.2. The van der Waals surface area contributed by atoms with Crippen molar-refractivity contribution in [1.29, 1.82) is 0 Å². The number of rotatable bonds is 7. The molecule has 0 saturated carbocycles. The molecule has 0 aliphatic heterocycles. The predicted octanol–water partition coefficient (Wildman–Crippen LogP) is 5.36. The zero-order chi connectivity index (χ0) is 22.5. The first-order valence-electron chi connectivity index (χ1n) is 9.40. The summed E-state index contributed by atoms with van der Waals surface area (Å²) in [6.45, 7) is 7.25. The maximum absolute atomic E-state index is 13.0. The highest BCUT2D eigenvalue weighted by atomic mass is 35.5. The van der Waals surface area contributed by atoms with Gasteiger partial charge in [-0.1, -0.05) is 46.9 Å². The molecule has 0 saturated heterocycles. The van der Waals surface area contributed by atoms with Crippen molar-refractivity contribution in [3.8, 4) is 5.75 Å². The molecule has 0 aromatic heterocycles. The number of halogens is 3. The molecule has 0 bridgehead atoms. The molecule has 0 heterocycles. The molecule has 0 aliphatic carbocycles. The second kappa shape index (κ2) is 10.4. The molecule has 1 atom stereocenters. The fourth-order valence-corrected chi connectivity index (χ4v) is 3.18. The van der Waals surface area contributed by atoms with E-state index in [-0.39, 0.29) is 25.0 Å². The molecule has 1 N–H and O–H groups in total. The molecule has 0 radical (unpaired) electrons. The van der Waals surface area contributed by atoms with Crippen LogP contribution in [-0.4, -0.2) is 34.9 Å². The van der Waals surface area contributed by atoms with Gasteiger partial charge in [-0.15, -0.1) is 0 Å². The van der Waals surface area contributed by atoms with Crippen molar-refractivity contribution >= 4 is 46.6 Å². The molecule has 8 heteroatoms. The van der Waals surface area contributed by atoms with Crippen LogP contribution >= 0.6 is 34.8 Å². The van der Waals surface area contributed by atoms with Crippen molar-refractivity contribution < 1.29 is 14.3 Å². The monoisotopic (exact) mass is 470 g/mol. The SMILES string of the molecule is CC(C(=O)NC(C)(C)C)N(Cc1ccc(Cl)c(Cl)c1)C(=O)COc1cccc(Cl)c1. The summed E-state index contributed by atoms with van der Waals surface area (Å²) in [5.74, 6) is -0.145. The third kappa shape index (κ3) is 7.38. The van der Waals surface area contributed by atoms with E-state index in [0.717, 1.165) is 5.56 Å². The van der Waals surface area contributed by atoms with Gasteiger partial charge in [0.1, 0.15) is 11.8 Å². The molecule has 0 spiro atoms. The quantitative estimate of drug-likeness (QED) is 0.591. The number of hydrogen-bond donors (Lipinski definition) is 1. The number of hydrogen-bond acceptors (Lipinski definition) is 3. The summed E-state index contributed by atoms with van der Waals surface area (Å²) >= 11 is 18.1. The van der Waals surface area contributed by atoms with Crippen LogP contribution in [0, 0.1) is 0 Å². The molecule has 162 valence electrons. The standard InChI is InChI=1S/C22H25Cl3N2O3/c1-14(21(29)26-22(2,3)4)27(12-15-8-9-18(24)19(25)10-15)20(28)13-30-17-7-5-6-16(23)11-17/h5-11,14H,12-13H2,1-4H3,(H,26,29). The average Bonchev–Trinajstić information content (AvgIpc) is 2.65. The molecule has 0 aliphatic rings. The van der Waals surface area contributed by atoms with Crippen LogP contribution in [0.15, 0.2) is 42.5 Å². The lowest BCUT2D eigenvalue weighted by atomic mass is 10.1. The Balaban J connectivity index is 2.20. The van der Waals surface area contributed by atoms with Gasteiger partial charge in [0.2, 0.25) is 5.91 Å². The molecule has 2 rings (SSSR count). The Morgan fingerprint density at radius 1 is 1.07 bits per heavy atom. The lowest BCUT2D eigenvalue weighted by molar-refractivity contribution is -0.142. The van der Waals surface area contributed by atoms with Crippen LogP contribution in [0.4, 0.5) is 0 Å². The molecule has 2 aromatic carbocycles. The summed E-state index contributed by atoms with van der Waals surface area (Å²) in [6.07, 6.45) is 0. The molecule has 5 nitrogen and oxygen atoms in total. The summed E-state index contributed by atoms with van der Waals surface area (Å²) in [7, 11) is 0. The topological polar surface area (TPSA) is 58.6 Å². The van der Waals surface area contributed by atoms with Gasteiger partial charge in [0.05, 0.1) is 10.0 Å². The summed E-state index contributed by atoms with van der Waals surface area (Å²) in [5.41, 5.74) is 0.317. The van der Waals surface area contributed by atoms with Gasteiger partial charge in [0.15, 0.2) is 6.61 Å². The second-order valence-corrected chi connectivity index (χ2v) is 9.18. The largest absolute Gasteiger partial charge is 0.484 e. The predicted molar refractivity (Wildman–Crippen MR) is 121 cm³/mol. The minimum atomic E-state index is -0.728. The van der Waals surface area contributed by atoms with Crippen molar-refractivity contribution in [3.63, 3.8) is 0 Å². The Hall–Kier alpha value is -1.95. The first-order chi connectivity index (χ1) is 14.0. The van der Waals surface area contributed by atoms with Crippen molar-refractivity contribution in [2.24, 2.45) is 0 Å². The van der Waals surface area contributed by atoms with Gasteiger partial charge in [-0.25, -0.2) is 0 Å². The lowest BCUT2D eigenvalue weighted by Crippen LogP contribution is -2.53. The van der Waals surface area contributed by atoms with Crippen LogP contribution in [0.2, 0.25) is 15.1 Å². The normalized spacial score (nSPS) is 12.2. The Morgan fingerprint density at radius 3 is 2.37 bits per heavy atom. The van der Waals surface area contributed by atoms with Gasteiger partial charge >= 0.3 is 0 Å². The van der Waals surface area contributed by atoms with E-state index < -0.39 is 11.6 Å². The number of amides is 2. The highest BCUT2D eigenvalue weighted by Crippen LogP contribution is 2.24. The van der Waals surface area contributed by atoms with E-state index in [0.29, 0.717) is 20.8 Å². The van der Waals surface area contributed by atoms with Gasteiger partial charge in [0, 0.05) is 17.1 Å². The van der Waals surface area contributed by atoms with Crippen molar-refractivity contribution in [1.82, 2.24) is 10.2 Å². The number of carbonyl (C=O) groups excluding carboxylic acids is 2. The van der Waals surface area contributed by atoms with Gasteiger partial charge in [-0.05, 0) is 63.6 Å². The van der Waals surface area contributed by atoms with Crippen LogP contribution in [0.3, 0.4) is 0 Å². The maximum atomic E-state index is 13.0. The molecule has 2 amide bonds. The first kappa shape index (κ1) is 24.3. The molecule has 30 heavy (non-hydrogen) atoms. The molecular weight excluding hydrogens is 447 g/mol. The number of nitrogens with one attached hydrogen (secondary N) is 1. The number of ether oxygens (including phenoxy) is 1. The fraction of sp³-hybridized carbons (Fsp3) is 0.364. The van der Waals surface area contributed by atoms with Crippen LogP contribution in [0.5, 0.6) is 5.75 Å². The molecule has 1 unspecified atom stereocenters. The third-order valence-electron chi connectivity index (χ3n) is 4.16. The fourth-order valence-electron chi connectivity index (χ4n) is 2.68. The van der Waals surface area contributed by atoms with E-state index in [9.17, 15) is 9.59 Å². The zero-order valence-corrected chi connectivity index (χ0v) is 19.6. The van der Waals surface area contributed by atoms with Crippen molar-refractivity contribution in [2.75, 3.05) is 6.61 Å². The number of carbonyl (C=O) groups is 2. The van der Waals surface area contributed by atoms with Crippen LogP contribution in [-0.2, 0) is 16.1 Å². The molecular formula is C22H25Cl3N2O3. The Bertz CT molecular complexity index is 913. The van der Waals surface area contributed by atoms with E-state index in [1.165, 1.54) is 4.90 Å².